The van der Waals surface area contributed by atoms with Crippen LogP contribution in [0.15, 0.2) is 0 Å². The Kier molecular flexibility index (Phi) is 6.20. The number of rotatable bonds is 4. The van der Waals surface area contributed by atoms with Crippen molar-refractivity contribution in [2.24, 2.45) is 34.5 Å². The molecule has 200 valence electrons. The molecule has 1 heterocycles. The Labute approximate surface area is 214 Å². The minimum absolute atomic E-state index is 0.0198. The number of esters is 1. The number of carbonyl (C=O) groups is 1. The van der Waals surface area contributed by atoms with Gasteiger partial charge in [0, 0.05) is 30.8 Å². The van der Waals surface area contributed by atoms with Crippen LogP contribution in [0, 0.1) is 34.5 Å². The summed E-state index contributed by atoms with van der Waals surface area (Å²) >= 11 is 0. The Hall–Kier alpha value is -0.433. The molecule has 1 N–H and O–H groups in total. The summed E-state index contributed by atoms with van der Waals surface area (Å²) in [5.41, 5.74) is -0.658. The van der Waals surface area contributed by atoms with Crippen molar-refractivity contribution in [2.45, 2.75) is 135 Å². The van der Waals surface area contributed by atoms with E-state index in [-0.39, 0.29) is 40.1 Å². The number of ether oxygens (including phenoxy) is 2. The fourth-order valence-corrected chi connectivity index (χ4v) is 11.0. The minimum atomic E-state index is -1.89. The number of carbonyl (C=O) groups excluding carboxylic acids is 1. The van der Waals surface area contributed by atoms with Gasteiger partial charge in [0.05, 0.1) is 12.7 Å². The summed E-state index contributed by atoms with van der Waals surface area (Å²) in [5.74, 6) is 2.04. The second-order valence-electron chi connectivity index (χ2n) is 14.8. The normalized spacial score (nSPS) is 48.0. The molecule has 5 fully saturated rings. The van der Waals surface area contributed by atoms with Crippen LogP contribution in [0.1, 0.15) is 92.9 Å². The van der Waals surface area contributed by atoms with E-state index in [1.165, 1.54) is 19.8 Å². The maximum atomic E-state index is 12.4. The molecule has 6 heteroatoms. The summed E-state index contributed by atoms with van der Waals surface area (Å²) in [4.78, 5) is 11.7. The summed E-state index contributed by atoms with van der Waals surface area (Å²) in [7, 11) is -1.89. The lowest BCUT2D eigenvalue weighted by atomic mass is 9.43. The molecule has 4 saturated carbocycles. The van der Waals surface area contributed by atoms with Gasteiger partial charge in [0.15, 0.2) is 8.32 Å². The number of fused-ring (bicyclic) bond motifs is 3. The minimum Gasteiger partial charge on any atom is -0.463 e. The van der Waals surface area contributed by atoms with Gasteiger partial charge in [0.1, 0.15) is 11.7 Å². The Morgan fingerprint density at radius 1 is 1.11 bits per heavy atom. The SMILES string of the molecule is CC(=O)OC(C)[C@H]1CC[C@H]2[C@@H]3C[C@H]4OC[C@@]5(CC[C@H](O[Si](C)(C)C(C)(C)C)C[C@]45O)[C@H]3CC[C@]12C. The van der Waals surface area contributed by atoms with Crippen molar-refractivity contribution < 1.29 is 23.8 Å². The maximum Gasteiger partial charge on any atom is 0.302 e. The first-order chi connectivity index (χ1) is 16.1. The molecule has 1 aliphatic heterocycles. The molecule has 0 radical (unpaired) electrons. The van der Waals surface area contributed by atoms with Crippen molar-refractivity contribution in [1.29, 1.82) is 0 Å². The second kappa shape index (κ2) is 8.28. The van der Waals surface area contributed by atoms with E-state index in [1.54, 1.807) is 0 Å². The van der Waals surface area contributed by atoms with Gasteiger partial charge in [-0.1, -0.05) is 27.7 Å². The van der Waals surface area contributed by atoms with Crippen LogP contribution in [0.3, 0.4) is 0 Å². The standard InChI is InChI=1S/C29H50O5Si/c1-18(33-19(2)30)22-9-10-23-21-15-25-29(31)16-20(34-35(7,8)26(3,4)5)11-14-28(29,17-32-25)24(21)12-13-27(22,23)6/h18,20-25,31H,9-17H2,1-8H3/t18?,20-,21-,22+,23-,24-,25+,27+,28-,29-/m0/s1. The Bertz CT molecular complexity index is 853. The average molecular weight is 507 g/mol. The molecule has 5 rings (SSSR count). The van der Waals surface area contributed by atoms with Crippen molar-refractivity contribution in [1.82, 2.24) is 0 Å². The molecule has 35 heavy (non-hydrogen) atoms. The van der Waals surface area contributed by atoms with Gasteiger partial charge < -0.3 is 19.0 Å². The summed E-state index contributed by atoms with van der Waals surface area (Å²) in [6, 6.07) is 0. The van der Waals surface area contributed by atoms with Gasteiger partial charge in [-0.05, 0) is 93.2 Å². The van der Waals surface area contributed by atoms with Gasteiger partial charge in [0.2, 0.25) is 0 Å². The van der Waals surface area contributed by atoms with Gasteiger partial charge in [-0.15, -0.1) is 0 Å². The molecule has 0 aromatic carbocycles. The lowest BCUT2D eigenvalue weighted by Crippen LogP contribution is -2.67. The summed E-state index contributed by atoms with van der Waals surface area (Å²) in [6.07, 6.45) is 8.52. The monoisotopic (exact) mass is 506 g/mol. The molecule has 1 unspecified atom stereocenters. The lowest BCUT2D eigenvalue weighted by Gasteiger charge is -2.63. The number of hydrogen-bond acceptors (Lipinski definition) is 5. The van der Waals surface area contributed by atoms with Crippen LogP contribution in [-0.4, -0.2) is 49.9 Å². The van der Waals surface area contributed by atoms with Gasteiger partial charge in [-0.3, -0.25) is 4.79 Å². The summed E-state index contributed by atoms with van der Waals surface area (Å²) in [6.45, 7) is 18.4. The smallest absolute Gasteiger partial charge is 0.302 e. The molecule has 5 nitrogen and oxygen atoms in total. The molecule has 4 aliphatic carbocycles. The molecule has 0 aromatic rings. The molecular formula is C29H50O5Si. The van der Waals surface area contributed by atoms with Crippen molar-refractivity contribution in [3.05, 3.63) is 0 Å². The molecule has 2 bridgehead atoms. The largest absolute Gasteiger partial charge is 0.463 e. The third-order valence-electron chi connectivity index (χ3n) is 12.3. The quantitative estimate of drug-likeness (QED) is 0.369. The number of hydrogen-bond donors (Lipinski definition) is 1. The van der Waals surface area contributed by atoms with E-state index >= 15 is 0 Å². The highest BCUT2D eigenvalue weighted by Crippen LogP contribution is 2.71. The molecule has 0 amide bonds. The molecule has 0 spiro atoms. The van der Waals surface area contributed by atoms with E-state index in [9.17, 15) is 9.90 Å². The third kappa shape index (κ3) is 3.74. The Morgan fingerprint density at radius 3 is 2.49 bits per heavy atom. The highest BCUT2D eigenvalue weighted by atomic mass is 28.4. The first-order valence-corrected chi connectivity index (χ1v) is 17.2. The Morgan fingerprint density at radius 2 is 1.83 bits per heavy atom. The first kappa shape index (κ1) is 26.2. The van der Waals surface area contributed by atoms with Crippen molar-refractivity contribution in [2.75, 3.05) is 6.61 Å². The fraction of sp³-hybridized carbons (Fsp3) is 0.966. The molecule has 5 aliphatic rings. The van der Waals surface area contributed by atoms with Crippen LogP contribution in [0.4, 0.5) is 0 Å². The van der Waals surface area contributed by atoms with Crippen molar-refractivity contribution in [3.8, 4) is 0 Å². The zero-order valence-corrected chi connectivity index (χ0v) is 24.5. The maximum absolute atomic E-state index is 12.4. The molecule has 0 aromatic heterocycles. The second-order valence-corrected chi connectivity index (χ2v) is 19.5. The van der Waals surface area contributed by atoms with E-state index in [4.69, 9.17) is 13.9 Å². The predicted molar refractivity (Wildman–Crippen MR) is 139 cm³/mol. The van der Waals surface area contributed by atoms with Gasteiger partial charge in [0.25, 0.3) is 0 Å². The van der Waals surface area contributed by atoms with E-state index in [0.29, 0.717) is 23.7 Å². The predicted octanol–water partition coefficient (Wildman–Crippen LogP) is 6.09. The average Bonchev–Trinajstić information content (AvgIpc) is 3.15. The van der Waals surface area contributed by atoms with Crippen molar-refractivity contribution >= 4 is 14.3 Å². The highest BCUT2D eigenvalue weighted by molar-refractivity contribution is 6.74. The highest BCUT2D eigenvalue weighted by Gasteiger charge is 2.73. The molecular weight excluding hydrogens is 456 g/mol. The fourth-order valence-electron chi connectivity index (χ4n) is 9.60. The lowest BCUT2D eigenvalue weighted by molar-refractivity contribution is -0.213. The molecule has 10 atom stereocenters. The van der Waals surface area contributed by atoms with E-state index in [2.05, 4.69) is 47.7 Å². The van der Waals surface area contributed by atoms with E-state index in [1.807, 2.05) is 0 Å². The van der Waals surface area contributed by atoms with Crippen LogP contribution in [-0.2, 0) is 18.7 Å². The first-order valence-electron chi connectivity index (χ1n) is 14.3. The molecule has 1 saturated heterocycles. The van der Waals surface area contributed by atoms with Gasteiger partial charge >= 0.3 is 5.97 Å². The Balaban J connectivity index is 1.37. The summed E-state index contributed by atoms with van der Waals surface area (Å²) < 4.78 is 19.1. The van der Waals surface area contributed by atoms with Crippen LogP contribution < -0.4 is 0 Å². The van der Waals surface area contributed by atoms with Crippen LogP contribution in [0.5, 0.6) is 0 Å². The topological polar surface area (TPSA) is 65.0 Å². The van der Waals surface area contributed by atoms with Crippen LogP contribution in [0.25, 0.3) is 0 Å². The number of aliphatic hydroxyl groups is 1. The van der Waals surface area contributed by atoms with E-state index in [0.717, 1.165) is 45.1 Å². The zero-order chi connectivity index (χ0) is 25.6. The zero-order valence-electron chi connectivity index (χ0n) is 23.5. The van der Waals surface area contributed by atoms with Crippen molar-refractivity contribution in [3.63, 3.8) is 0 Å². The third-order valence-corrected chi connectivity index (χ3v) is 16.8. The van der Waals surface area contributed by atoms with E-state index < -0.39 is 13.9 Å². The summed E-state index contributed by atoms with van der Waals surface area (Å²) in [5, 5.41) is 12.6. The van der Waals surface area contributed by atoms with Gasteiger partial charge in [-0.2, -0.15) is 0 Å². The van der Waals surface area contributed by atoms with Crippen LogP contribution in [0.2, 0.25) is 18.1 Å². The van der Waals surface area contributed by atoms with Gasteiger partial charge in [-0.25, -0.2) is 0 Å². The van der Waals surface area contributed by atoms with Crippen LogP contribution >= 0.6 is 0 Å².